The monoisotopic (exact) mass is 398 g/mol. The van der Waals surface area contributed by atoms with Gasteiger partial charge in [0.1, 0.15) is 0 Å². The van der Waals surface area contributed by atoms with Gasteiger partial charge in [-0.3, -0.25) is 15.4 Å². The highest BCUT2D eigenvalue weighted by Gasteiger charge is 2.07. The maximum absolute atomic E-state index is 11.9. The van der Waals surface area contributed by atoms with Crippen molar-refractivity contribution < 1.29 is 4.79 Å². The average Bonchev–Trinajstić information content (AvgIpc) is 2.92. The lowest BCUT2D eigenvalue weighted by molar-refractivity contribution is -0.115. The zero-order valence-corrected chi connectivity index (χ0v) is 15.9. The molecule has 0 saturated carbocycles. The Kier molecular flexibility index (Phi) is 6.86. The lowest BCUT2D eigenvalue weighted by Crippen LogP contribution is -2.33. The number of hydrogen-bond acceptors (Lipinski definition) is 5. The van der Waals surface area contributed by atoms with E-state index in [1.807, 2.05) is 13.8 Å². The minimum atomic E-state index is -0.418. The molecule has 2 aromatic rings. The van der Waals surface area contributed by atoms with Gasteiger partial charge in [-0.25, -0.2) is 0 Å². The van der Waals surface area contributed by atoms with Gasteiger partial charge in [-0.15, -0.1) is 5.10 Å². The molecule has 0 aliphatic rings. The van der Waals surface area contributed by atoms with Gasteiger partial charge < -0.3 is 0 Å². The van der Waals surface area contributed by atoms with Crippen molar-refractivity contribution in [2.24, 2.45) is 5.92 Å². The Morgan fingerprint density at radius 2 is 2.16 bits per heavy atom. The van der Waals surface area contributed by atoms with Gasteiger partial charge in [0.05, 0.1) is 6.54 Å². The molecule has 0 aliphatic heterocycles. The van der Waals surface area contributed by atoms with Gasteiger partial charge in [0.2, 0.25) is 5.91 Å². The number of amides is 1. The maximum atomic E-state index is 11.9. The number of tetrazole rings is 1. The van der Waals surface area contributed by atoms with Crippen LogP contribution in [0.1, 0.15) is 19.4 Å². The largest absolute Gasteiger partial charge is 0.299 e. The summed E-state index contributed by atoms with van der Waals surface area (Å²) in [6.45, 7) is 4.72. The van der Waals surface area contributed by atoms with Gasteiger partial charge in [-0.1, -0.05) is 48.2 Å². The van der Waals surface area contributed by atoms with Crippen molar-refractivity contribution in [3.8, 4) is 0 Å². The molecule has 0 spiro atoms. The third-order valence-corrected chi connectivity index (χ3v) is 3.59. The molecule has 0 fully saturated rings. The van der Waals surface area contributed by atoms with Crippen LogP contribution in [0.25, 0.3) is 6.08 Å². The zero-order valence-electron chi connectivity index (χ0n) is 13.5. The number of hydrogen-bond donors (Lipinski definition) is 2. The highest BCUT2D eigenvalue weighted by atomic mass is 35.5. The fraction of sp³-hybridized carbons (Fsp3) is 0.267. The number of halogens is 2. The molecule has 2 N–H and O–H groups in total. The first-order chi connectivity index (χ1) is 11.8. The molecule has 1 aromatic heterocycles. The summed E-state index contributed by atoms with van der Waals surface area (Å²) in [5.41, 5.74) is 0.665. The van der Waals surface area contributed by atoms with E-state index in [4.69, 9.17) is 35.4 Å². The molecular formula is C15H16Cl2N6OS. The average molecular weight is 399 g/mol. The van der Waals surface area contributed by atoms with Crippen molar-refractivity contribution in [2.75, 3.05) is 5.32 Å². The summed E-state index contributed by atoms with van der Waals surface area (Å²) in [5.74, 6) is 0.187. The minimum Gasteiger partial charge on any atom is -0.299 e. The standard InChI is InChI=1S/C15H16Cl2N6OS/c1-9(2)8-23-21-14(20-22-23)19-15(25)18-13(24)6-4-10-3-5-11(16)7-12(10)17/h3-7,9H,8H2,1-2H3,(H2,18,19,21,24,25)/b6-4+. The van der Waals surface area contributed by atoms with Crippen LogP contribution in [0.5, 0.6) is 0 Å². The quantitative estimate of drug-likeness (QED) is 0.594. The van der Waals surface area contributed by atoms with Crippen LogP contribution in [-0.2, 0) is 11.3 Å². The second-order valence-electron chi connectivity index (χ2n) is 5.50. The van der Waals surface area contributed by atoms with E-state index >= 15 is 0 Å². The summed E-state index contributed by atoms with van der Waals surface area (Å²) in [7, 11) is 0. The molecule has 0 saturated heterocycles. The smallest absolute Gasteiger partial charge is 0.269 e. The summed E-state index contributed by atoms with van der Waals surface area (Å²) in [6.07, 6.45) is 2.87. The van der Waals surface area contributed by atoms with Crippen molar-refractivity contribution >= 4 is 58.5 Å². The first-order valence-electron chi connectivity index (χ1n) is 7.36. The number of anilines is 1. The molecule has 0 radical (unpaired) electrons. The SMILES string of the molecule is CC(C)Cn1nnc(NC(=S)NC(=O)/C=C/c2ccc(Cl)cc2Cl)n1. The predicted octanol–water partition coefficient (Wildman–Crippen LogP) is 3.16. The summed E-state index contributed by atoms with van der Waals surface area (Å²) in [4.78, 5) is 13.3. The highest BCUT2D eigenvalue weighted by molar-refractivity contribution is 7.80. The van der Waals surface area contributed by atoms with Crippen molar-refractivity contribution in [1.29, 1.82) is 0 Å². The molecule has 1 amide bonds. The van der Waals surface area contributed by atoms with E-state index in [2.05, 4.69) is 26.0 Å². The molecule has 1 heterocycles. The molecule has 0 bridgehead atoms. The third-order valence-electron chi connectivity index (χ3n) is 2.82. The lowest BCUT2D eigenvalue weighted by Gasteiger charge is -2.04. The molecule has 25 heavy (non-hydrogen) atoms. The molecule has 0 unspecified atom stereocenters. The number of aromatic nitrogens is 4. The summed E-state index contributed by atoms with van der Waals surface area (Å²) in [6, 6.07) is 4.99. The number of thiocarbonyl (C=S) groups is 1. The summed E-state index contributed by atoms with van der Waals surface area (Å²) in [5, 5.41) is 18.0. The van der Waals surface area contributed by atoms with E-state index in [1.54, 1.807) is 24.3 Å². The number of carbonyl (C=O) groups excluding carboxylic acids is 1. The molecule has 1 aromatic carbocycles. The van der Waals surface area contributed by atoms with Gasteiger partial charge in [0.25, 0.3) is 5.95 Å². The molecular weight excluding hydrogens is 383 g/mol. The van der Waals surface area contributed by atoms with Gasteiger partial charge >= 0.3 is 0 Å². The molecule has 7 nitrogen and oxygen atoms in total. The van der Waals surface area contributed by atoms with E-state index in [9.17, 15) is 4.79 Å². The summed E-state index contributed by atoms with van der Waals surface area (Å²) >= 11 is 16.9. The Balaban J connectivity index is 1.88. The first-order valence-corrected chi connectivity index (χ1v) is 8.53. The fourth-order valence-corrected chi connectivity index (χ4v) is 2.45. The van der Waals surface area contributed by atoms with E-state index in [0.717, 1.165) is 0 Å². The van der Waals surface area contributed by atoms with Crippen LogP contribution in [0.4, 0.5) is 5.95 Å². The number of rotatable bonds is 5. The number of carbonyl (C=O) groups is 1. The number of benzene rings is 1. The second kappa shape index (κ2) is 8.89. The lowest BCUT2D eigenvalue weighted by atomic mass is 10.2. The fourth-order valence-electron chi connectivity index (χ4n) is 1.79. The van der Waals surface area contributed by atoms with E-state index < -0.39 is 5.91 Å². The molecule has 0 atom stereocenters. The van der Waals surface area contributed by atoms with E-state index in [-0.39, 0.29) is 11.1 Å². The van der Waals surface area contributed by atoms with Crippen LogP contribution < -0.4 is 10.6 Å². The molecule has 10 heteroatoms. The normalized spacial score (nSPS) is 11.1. The van der Waals surface area contributed by atoms with Crippen molar-refractivity contribution in [3.05, 3.63) is 39.9 Å². The third kappa shape index (κ3) is 6.41. The molecule has 0 aliphatic carbocycles. The summed E-state index contributed by atoms with van der Waals surface area (Å²) < 4.78 is 0. The Labute approximate surface area is 160 Å². The first kappa shape index (κ1) is 19.3. The molecule has 132 valence electrons. The maximum Gasteiger partial charge on any atom is 0.269 e. The van der Waals surface area contributed by atoms with Crippen LogP contribution in [0.15, 0.2) is 24.3 Å². The van der Waals surface area contributed by atoms with Crippen LogP contribution in [0.2, 0.25) is 10.0 Å². The van der Waals surface area contributed by atoms with Crippen LogP contribution in [0.3, 0.4) is 0 Å². The number of nitrogens with one attached hydrogen (secondary N) is 2. The van der Waals surface area contributed by atoms with E-state index in [1.165, 1.54) is 10.9 Å². The van der Waals surface area contributed by atoms with E-state index in [0.29, 0.717) is 28.1 Å². The zero-order chi connectivity index (χ0) is 18.4. The topological polar surface area (TPSA) is 84.7 Å². The van der Waals surface area contributed by atoms with Gasteiger partial charge in [-0.2, -0.15) is 4.80 Å². The predicted molar refractivity (Wildman–Crippen MR) is 103 cm³/mol. The minimum absolute atomic E-state index is 0.0703. The Bertz CT molecular complexity index is 805. The van der Waals surface area contributed by atoms with Crippen molar-refractivity contribution in [3.63, 3.8) is 0 Å². The van der Waals surface area contributed by atoms with Crippen molar-refractivity contribution in [1.82, 2.24) is 25.5 Å². The van der Waals surface area contributed by atoms with Crippen LogP contribution >= 0.6 is 35.4 Å². The van der Waals surface area contributed by atoms with Crippen LogP contribution in [-0.4, -0.2) is 31.2 Å². The number of nitrogens with zero attached hydrogens (tertiary/aromatic N) is 4. The molecule has 2 rings (SSSR count). The second-order valence-corrected chi connectivity index (χ2v) is 6.76. The Hall–Kier alpha value is -2.03. The highest BCUT2D eigenvalue weighted by Crippen LogP contribution is 2.21. The van der Waals surface area contributed by atoms with Gasteiger partial charge in [0.15, 0.2) is 5.11 Å². The van der Waals surface area contributed by atoms with Gasteiger partial charge in [0, 0.05) is 16.1 Å². The van der Waals surface area contributed by atoms with Crippen LogP contribution in [0, 0.1) is 5.92 Å². The van der Waals surface area contributed by atoms with Crippen molar-refractivity contribution in [2.45, 2.75) is 20.4 Å². The Morgan fingerprint density at radius 3 is 2.84 bits per heavy atom. The Morgan fingerprint density at radius 1 is 1.40 bits per heavy atom. The van der Waals surface area contributed by atoms with Gasteiger partial charge in [-0.05, 0) is 47.1 Å².